The van der Waals surface area contributed by atoms with Crippen molar-refractivity contribution in [1.82, 2.24) is 20.3 Å². The van der Waals surface area contributed by atoms with Crippen molar-refractivity contribution in [3.05, 3.63) is 46.8 Å². The quantitative estimate of drug-likeness (QED) is 0.880. The fraction of sp³-hybridized carbons (Fsp3) is 0.385. The van der Waals surface area contributed by atoms with Crippen molar-refractivity contribution in [3.63, 3.8) is 0 Å². The van der Waals surface area contributed by atoms with Gasteiger partial charge in [-0.3, -0.25) is 4.68 Å². The number of nitrogens with one attached hydrogen (secondary N) is 1. The molecular formula is C13H16N4O. The molecule has 1 N–H and O–H groups in total. The molecule has 1 aromatic carbocycles. The van der Waals surface area contributed by atoms with E-state index in [0.717, 1.165) is 12.3 Å². The number of ether oxygens (including phenoxy) is 1. The Morgan fingerprint density at radius 2 is 2.17 bits per heavy atom. The van der Waals surface area contributed by atoms with Gasteiger partial charge in [0.25, 0.3) is 0 Å². The van der Waals surface area contributed by atoms with Crippen LogP contribution in [-0.4, -0.2) is 22.0 Å². The molecule has 0 bridgehead atoms. The zero-order valence-electron chi connectivity index (χ0n) is 10.6. The number of fused-ring (bicyclic) bond motifs is 1. The Bertz CT molecular complexity index is 564. The number of hydrogen-bond donors (Lipinski definition) is 1. The molecule has 0 aliphatic carbocycles. The van der Waals surface area contributed by atoms with E-state index in [0.29, 0.717) is 6.61 Å². The molecule has 0 fully saturated rings. The van der Waals surface area contributed by atoms with Gasteiger partial charge in [0.2, 0.25) is 0 Å². The standard InChI is InChI=1S/C13H16N4O/c1-14-13(12-6-15-16-17(12)2)9-3-4-10-7-18-8-11(10)5-9/h3-6,13-14H,7-8H2,1-2H3. The number of hydrogen-bond acceptors (Lipinski definition) is 4. The molecule has 0 amide bonds. The van der Waals surface area contributed by atoms with Crippen LogP contribution in [0.1, 0.15) is 28.4 Å². The number of aryl methyl sites for hydroxylation is 1. The predicted molar refractivity (Wildman–Crippen MR) is 66.8 cm³/mol. The lowest BCUT2D eigenvalue weighted by molar-refractivity contribution is 0.134. The molecule has 0 radical (unpaired) electrons. The van der Waals surface area contributed by atoms with Crippen LogP contribution in [0.25, 0.3) is 0 Å². The van der Waals surface area contributed by atoms with Gasteiger partial charge in [-0.15, -0.1) is 5.10 Å². The van der Waals surface area contributed by atoms with Crippen molar-refractivity contribution in [2.75, 3.05) is 7.05 Å². The third-order valence-corrected chi connectivity index (χ3v) is 3.41. The number of benzene rings is 1. The van der Waals surface area contributed by atoms with Crippen LogP contribution in [0.5, 0.6) is 0 Å². The highest BCUT2D eigenvalue weighted by atomic mass is 16.5. The number of nitrogens with zero attached hydrogens (tertiary/aromatic N) is 3. The molecule has 1 aliphatic rings. The van der Waals surface area contributed by atoms with E-state index in [4.69, 9.17) is 4.74 Å². The second-order valence-corrected chi connectivity index (χ2v) is 4.53. The van der Waals surface area contributed by atoms with Crippen LogP contribution in [0, 0.1) is 0 Å². The SMILES string of the molecule is CNC(c1ccc2c(c1)COC2)c1cnnn1C. The van der Waals surface area contributed by atoms with Crippen molar-refractivity contribution in [3.8, 4) is 0 Å². The summed E-state index contributed by atoms with van der Waals surface area (Å²) in [5.41, 5.74) is 4.84. The molecule has 0 saturated heterocycles. The lowest BCUT2D eigenvalue weighted by atomic mass is 9.99. The van der Waals surface area contributed by atoms with Crippen LogP contribution in [0.2, 0.25) is 0 Å². The molecular weight excluding hydrogens is 228 g/mol. The molecule has 0 spiro atoms. The van der Waals surface area contributed by atoms with Crippen molar-refractivity contribution < 1.29 is 4.74 Å². The van der Waals surface area contributed by atoms with Crippen LogP contribution in [-0.2, 0) is 25.0 Å². The smallest absolute Gasteiger partial charge is 0.0798 e. The average Bonchev–Trinajstić information content (AvgIpc) is 2.99. The Labute approximate surface area is 106 Å². The second kappa shape index (κ2) is 4.51. The zero-order chi connectivity index (χ0) is 12.5. The summed E-state index contributed by atoms with van der Waals surface area (Å²) in [6.45, 7) is 1.44. The van der Waals surface area contributed by atoms with Gasteiger partial charge in [0, 0.05) is 7.05 Å². The van der Waals surface area contributed by atoms with Crippen LogP contribution >= 0.6 is 0 Å². The molecule has 1 unspecified atom stereocenters. The van der Waals surface area contributed by atoms with E-state index in [1.165, 1.54) is 16.7 Å². The maximum Gasteiger partial charge on any atom is 0.0798 e. The number of rotatable bonds is 3. The maximum absolute atomic E-state index is 5.45. The van der Waals surface area contributed by atoms with Crippen molar-refractivity contribution in [2.24, 2.45) is 7.05 Å². The maximum atomic E-state index is 5.45. The Morgan fingerprint density at radius 3 is 2.89 bits per heavy atom. The molecule has 5 heteroatoms. The first kappa shape index (κ1) is 11.4. The molecule has 18 heavy (non-hydrogen) atoms. The Balaban J connectivity index is 2.00. The Hall–Kier alpha value is -1.72. The molecule has 1 aliphatic heterocycles. The van der Waals surface area contributed by atoms with Gasteiger partial charge in [0.05, 0.1) is 31.1 Å². The van der Waals surface area contributed by atoms with Gasteiger partial charge in [-0.25, -0.2) is 0 Å². The molecule has 5 nitrogen and oxygen atoms in total. The summed E-state index contributed by atoms with van der Waals surface area (Å²) >= 11 is 0. The lowest BCUT2D eigenvalue weighted by Crippen LogP contribution is -2.20. The zero-order valence-corrected chi connectivity index (χ0v) is 10.6. The summed E-state index contributed by atoms with van der Waals surface area (Å²) in [7, 11) is 3.85. The first-order valence-electron chi connectivity index (χ1n) is 6.01. The summed E-state index contributed by atoms with van der Waals surface area (Å²) in [4.78, 5) is 0. The van der Waals surface area contributed by atoms with E-state index in [9.17, 15) is 0 Å². The third-order valence-electron chi connectivity index (χ3n) is 3.41. The van der Waals surface area contributed by atoms with Gasteiger partial charge in [-0.05, 0) is 23.7 Å². The third kappa shape index (κ3) is 1.81. The van der Waals surface area contributed by atoms with Crippen molar-refractivity contribution in [1.29, 1.82) is 0 Å². The van der Waals surface area contributed by atoms with Crippen molar-refractivity contribution >= 4 is 0 Å². The van der Waals surface area contributed by atoms with E-state index in [2.05, 4.69) is 33.8 Å². The topological polar surface area (TPSA) is 52.0 Å². The van der Waals surface area contributed by atoms with Crippen LogP contribution in [0.4, 0.5) is 0 Å². The van der Waals surface area contributed by atoms with Gasteiger partial charge in [-0.2, -0.15) is 0 Å². The summed E-state index contributed by atoms with van der Waals surface area (Å²) < 4.78 is 7.24. The predicted octanol–water partition coefficient (Wildman–Crippen LogP) is 1.15. The fourth-order valence-electron chi connectivity index (χ4n) is 2.42. The highest BCUT2D eigenvalue weighted by Gasteiger charge is 2.19. The summed E-state index contributed by atoms with van der Waals surface area (Å²) in [5.74, 6) is 0. The van der Waals surface area contributed by atoms with Gasteiger partial charge >= 0.3 is 0 Å². The minimum atomic E-state index is 0.107. The Morgan fingerprint density at radius 1 is 1.33 bits per heavy atom. The molecule has 0 saturated carbocycles. The lowest BCUT2D eigenvalue weighted by Gasteiger charge is -2.17. The van der Waals surface area contributed by atoms with Crippen LogP contribution in [0.15, 0.2) is 24.4 Å². The average molecular weight is 244 g/mol. The normalized spacial score (nSPS) is 15.7. The second-order valence-electron chi connectivity index (χ2n) is 4.53. The van der Waals surface area contributed by atoms with Crippen molar-refractivity contribution in [2.45, 2.75) is 19.3 Å². The van der Waals surface area contributed by atoms with E-state index in [-0.39, 0.29) is 6.04 Å². The summed E-state index contributed by atoms with van der Waals surface area (Å²) in [5, 5.41) is 11.2. The molecule has 94 valence electrons. The largest absolute Gasteiger partial charge is 0.372 e. The van der Waals surface area contributed by atoms with Gasteiger partial charge in [-0.1, -0.05) is 23.4 Å². The fourth-order valence-corrected chi connectivity index (χ4v) is 2.42. The first-order valence-corrected chi connectivity index (χ1v) is 6.01. The minimum absolute atomic E-state index is 0.107. The van der Waals surface area contributed by atoms with Crippen LogP contribution < -0.4 is 5.32 Å². The molecule has 1 atom stereocenters. The van der Waals surface area contributed by atoms with Gasteiger partial charge < -0.3 is 10.1 Å². The molecule has 2 heterocycles. The number of aromatic nitrogens is 3. The highest BCUT2D eigenvalue weighted by molar-refractivity contribution is 5.37. The highest BCUT2D eigenvalue weighted by Crippen LogP contribution is 2.26. The monoisotopic (exact) mass is 244 g/mol. The summed E-state index contributed by atoms with van der Waals surface area (Å²) in [6, 6.07) is 6.60. The Kier molecular flexibility index (Phi) is 2.85. The van der Waals surface area contributed by atoms with Crippen LogP contribution in [0.3, 0.4) is 0 Å². The van der Waals surface area contributed by atoms with E-state index in [1.807, 2.05) is 14.1 Å². The van der Waals surface area contributed by atoms with Gasteiger partial charge in [0.15, 0.2) is 0 Å². The summed E-state index contributed by atoms with van der Waals surface area (Å²) in [6.07, 6.45) is 1.80. The van der Waals surface area contributed by atoms with E-state index < -0.39 is 0 Å². The molecule has 1 aromatic heterocycles. The van der Waals surface area contributed by atoms with E-state index in [1.54, 1.807) is 10.9 Å². The van der Waals surface area contributed by atoms with Gasteiger partial charge in [0.1, 0.15) is 0 Å². The molecule has 3 rings (SSSR count). The molecule has 2 aromatic rings. The minimum Gasteiger partial charge on any atom is -0.372 e. The first-order chi connectivity index (χ1) is 8.79. The van der Waals surface area contributed by atoms with E-state index >= 15 is 0 Å².